The number of aliphatic hydroxyl groups excluding tert-OH is 2. The first-order valence-electron chi connectivity index (χ1n) is 37.2. The quantitative estimate of drug-likeness (QED) is 0.0320. The van der Waals surface area contributed by atoms with Crippen LogP contribution in [0.2, 0.25) is 0 Å². The van der Waals surface area contributed by atoms with E-state index in [1.807, 2.05) is 0 Å². The van der Waals surface area contributed by atoms with Gasteiger partial charge in [-0.3, -0.25) is 9.59 Å². The summed E-state index contributed by atoms with van der Waals surface area (Å²) in [4.78, 5) is 24.6. The highest BCUT2D eigenvalue weighted by Crippen LogP contribution is 2.19. The fourth-order valence-corrected chi connectivity index (χ4v) is 11.7. The van der Waals surface area contributed by atoms with Crippen molar-refractivity contribution in [3.8, 4) is 0 Å². The van der Waals surface area contributed by atoms with Gasteiger partial charge in [0.25, 0.3) is 0 Å². The van der Waals surface area contributed by atoms with E-state index in [0.29, 0.717) is 25.9 Å². The molecule has 0 aliphatic heterocycles. The SMILES string of the molecule is CCCCC/C=C\C/C=C\CCCCCCCCCC(=O)OCCCCCCCCCCCCCC/C=C\CCCCCCCCCCCCCCCCCC(=O)NC(CO)C(O)CCCCCCCCCCCCCCCCCCC. The number of rotatable bonds is 70. The van der Waals surface area contributed by atoms with Gasteiger partial charge in [0, 0.05) is 12.8 Å². The van der Waals surface area contributed by atoms with Crippen LogP contribution in [0.3, 0.4) is 0 Å². The summed E-state index contributed by atoms with van der Waals surface area (Å²) in [5.41, 5.74) is 0. The molecule has 2 unspecified atom stereocenters. The Labute approximate surface area is 513 Å². The van der Waals surface area contributed by atoms with Crippen molar-refractivity contribution in [2.75, 3.05) is 13.2 Å². The highest BCUT2D eigenvalue weighted by molar-refractivity contribution is 5.76. The van der Waals surface area contributed by atoms with Crippen LogP contribution in [0.5, 0.6) is 0 Å². The fraction of sp³-hybridized carbons (Fsp3) is 0.895. The number of esters is 1. The molecule has 0 bridgehead atoms. The Bertz CT molecular complexity index is 1330. The average Bonchev–Trinajstić information content (AvgIpc) is 3.48. The molecule has 484 valence electrons. The minimum atomic E-state index is -0.663. The molecule has 0 saturated carbocycles. The van der Waals surface area contributed by atoms with Crippen LogP contribution in [-0.2, 0) is 14.3 Å². The van der Waals surface area contributed by atoms with Crippen molar-refractivity contribution in [3.05, 3.63) is 36.5 Å². The van der Waals surface area contributed by atoms with Crippen molar-refractivity contribution >= 4 is 11.9 Å². The summed E-state index contributed by atoms with van der Waals surface area (Å²) < 4.78 is 5.50. The van der Waals surface area contributed by atoms with Crippen LogP contribution in [0.25, 0.3) is 0 Å². The van der Waals surface area contributed by atoms with Crippen molar-refractivity contribution < 1.29 is 24.5 Å². The number of allylic oxidation sites excluding steroid dienone is 6. The highest BCUT2D eigenvalue weighted by atomic mass is 16.5. The number of nitrogens with one attached hydrogen (secondary N) is 1. The number of hydrogen-bond acceptors (Lipinski definition) is 5. The Morgan fingerprint density at radius 3 is 0.963 bits per heavy atom. The zero-order valence-electron chi connectivity index (χ0n) is 55.5. The summed E-state index contributed by atoms with van der Waals surface area (Å²) in [5.74, 6) is -0.0189. The van der Waals surface area contributed by atoms with Crippen LogP contribution < -0.4 is 5.32 Å². The molecule has 6 nitrogen and oxygen atoms in total. The molecule has 0 aliphatic carbocycles. The van der Waals surface area contributed by atoms with Crippen molar-refractivity contribution in [2.24, 2.45) is 0 Å². The second kappa shape index (κ2) is 71.6. The van der Waals surface area contributed by atoms with Crippen molar-refractivity contribution in [1.82, 2.24) is 5.32 Å². The van der Waals surface area contributed by atoms with Gasteiger partial charge in [0.2, 0.25) is 5.91 Å². The van der Waals surface area contributed by atoms with Crippen molar-refractivity contribution in [3.63, 3.8) is 0 Å². The lowest BCUT2D eigenvalue weighted by Crippen LogP contribution is -2.45. The van der Waals surface area contributed by atoms with Gasteiger partial charge in [-0.25, -0.2) is 0 Å². The Morgan fingerprint density at radius 2 is 0.610 bits per heavy atom. The summed E-state index contributed by atoms with van der Waals surface area (Å²) in [7, 11) is 0. The van der Waals surface area contributed by atoms with E-state index >= 15 is 0 Å². The summed E-state index contributed by atoms with van der Waals surface area (Å²) >= 11 is 0. The van der Waals surface area contributed by atoms with Gasteiger partial charge in [-0.15, -0.1) is 0 Å². The first kappa shape index (κ1) is 80.1. The molecule has 82 heavy (non-hydrogen) atoms. The van der Waals surface area contributed by atoms with E-state index < -0.39 is 12.1 Å². The highest BCUT2D eigenvalue weighted by Gasteiger charge is 2.20. The number of ether oxygens (including phenoxy) is 1. The third kappa shape index (κ3) is 67.2. The Balaban J connectivity index is 3.35. The molecule has 0 radical (unpaired) electrons. The second-order valence-electron chi connectivity index (χ2n) is 25.6. The average molecular weight is 1150 g/mol. The van der Waals surface area contributed by atoms with Gasteiger partial charge in [-0.2, -0.15) is 0 Å². The van der Waals surface area contributed by atoms with Crippen LogP contribution >= 0.6 is 0 Å². The van der Waals surface area contributed by atoms with E-state index in [2.05, 4.69) is 55.6 Å². The zero-order chi connectivity index (χ0) is 59.2. The van der Waals surface area contributed by atoms with E-state index in [4.69, 9.17) is 4.74 Å². The normalized spacial score (nSPS) is 12.7. The predicted octanol–water partition coefficient (Wildman–Crippen LogP) is 24.3. The van der Waals surface area contributed by atoms with Crippen LogP contribution in [0, 0.1) is 0 Å². The molecule has 0 heterocycles. The zero-order valence-corrected chi connectivity index (χ0v) is 55.5. The molecule has 1 amide bonds. The minimum absolute atomic E-state index is 0.0104. The fourth-order valence-electron chi connectivity index (χ4n) is 11.7. The molecule has 0 aromatic heterocycles. The van der Waals surface area contributed by atoms with Gasteiger partial charge in [0.05, 0.1) is 25.4 Å². The third-order valence-electron chi connectivity index (χ3n) is 17.4. The molecule has 6 heteroatoms. The van der Waals surface area contributed by atoms with Crippen molar-refractivity contribution in [1.29, 1.82) is 0 Å². The maximum atomic E-state index is 12.5. The smallest absolute Gasteiger partial charge is 0.305 e. The first-order valence-corrected chi connectivity index (χ1v) is 37.2. The number of carbonyl (C=O) groups excluding carboxylic acids is 2. The monoisotopic (exact) mass is 1150 g/mol. The van der Waals surface area contributed by atoms with Crippen LogP contribution in [0.4, 0.5) is 0 Å². The molecular formula is C76H145NO5. The lowest BCUT2D eigenvalue weighted by molar-refractivity contribution is -0.143. The Kier molecular flexibility index (Phi) is 69.9. The topological polar surface area (TPSA) is 95.9 Å². The molecule has 0 saturated heterocycles. The molecular weight excluding hydrogens is 1010 g/mol. The van der Waals surface area contributed by atoms with Gasteiger partial charge < -0.3 is 20.3 Å². The molecule has 3 N–H and O–H groups in total. The lowest BCUT2D eigenvalue weighted by Gasteiger charge is -2.22. The van der Waals surface area contributed by atoms with Gasteiger partial charge in [-0.1, -0.05) is 352 Å². The Morgan fingerprint density at radius 1 is 0.341 bits per heavy atom. The van der Waals surface area contributed by atoms with E-state index in [1.165, 1.54) is 327 Å². The first-order chi connectivity index (χ1) is 40.5. The van der Waals surface area contributed by atoms with Gasteiger partial charge in [-0.05, 0) is 83.5 Å². The van der Waals surface area contributed by atoms with E-state index in [9.17, 15) is 19.8 Å². The summed E-state index contributed by atoms with van der Waals surface area (Å²) in [6.07, 6.45) is 92.1. The number of amides is 1. The van der Waals surface area contributed by atoms with E-state index in [0.717, 1.165) is 51.4 Å². The predicted molar refractivity (Wildman–Crippen MR) is 361 cm³/mol. The lowest BCUT2D eigenvalue weighted by atomic mass is 10.0. The van der Waals surface area contributed by atoms with Gasteiger partial charge in [0.1, 0.15) is 0 Å². The van der Waals surface area contributed by atoms with E-state index in [1.54, 1.807) is 0 Å². The van der Waals surface area contributed by atoms with Crippen molar-refractivity contribution in [2.45, 2.75) is 424 Å². The molecule has 0 spiro atoms. The summed E-state index contributed by atoms with van der Waals surface area (Å²) in [6, 6.07) is -0.540. The maximum absolute atomic E-state index is 12.5. The summed E-state index contributed by atoms with van der Waals surface area (Å²) in [6.45, 7) is 4.96. The van der Waals surface area contributed by atoms with Crippen LogP contribution in [0.15, 0.2) is 36.5 Å². The largest absolute Gasteiger partial charge is 0.466 e. The molecule has 0 fully saturated rings. The molecule has 0 aromatic rings. The van der Waals surface area contributed by atoms with Gasteiger partial charge >= 0.3 is 5.97 Å². The number of aliphatic hydroxyl groups is 2. The molecule has 0 aromatic carbocycles. The number of hydrogen-bond donors (Lipinski definition) is 3. The number of carbonyl (C=O) groups is 2. The maximum Gasteiger partial charge on any atom is 0.305 e. The number of unbranched alkanes of at least 4 members (excludes halogenated alkanes) is 53. The molecule has 0 aliphatic rings. The molecule has 0 rings (SSSR count). The Hall–Kier alpha value is -1.92. The summed E-state index contributed by atoms with van der Waals surface area (Å²) in [5, 5.41) is 23.4. The second-order valence-corrected chi connectivity index (χ2v) is 25.6. The minimum Gasteiger partial charge on any atom is -0.466 e. The molecule has 2 atom stereocenters. The van der Waals surface area contributed by atoms with Crippen LogP contribution in [-0.4, -0.2) is 47.4 Å². The van der Waals surface area contributed by atoms with E-state index in [-0.39, 0.29) is 18.5 Å². The van der Waals surface area contributed by atoms with Crippen LogP contribution in [0.1, 0.15) is 412 Å². The third-order valence-corrected chi connectivity index (χ3v) is 17.4. The standard InChI is InChI=1S/C76H145NO5/c1-3-5-7-9-11-13-15-17-19-36-40-44-48-52-56-60-64-68-74(79)73(72-78)77-75(80)69-65-61-57-53-49-45-41-38-34-32-30-28-26-24-22-21-23-25-27-29-31-33-35-39-43-47-51-55-59-63-67-71-82-76(81)70-66-62-58-54-50-46-42-37-20-18-16-14-12-10-8-6-4-2/h12,14,18,20,23,25,73-74,78-79H,3-11,13,15-17,19,21-22,24,26-72H2,1-2H3,(H,77,80)/b14-12-,20-18-,25-23-. The van der Waals surface area contributed by atoms with Gasteiger partial charge in [0.15, 0.2) is 0 Å².